The fourth-order valence-electron chi connectivity index (χ4n) is 1.28. The minimum atomic E-state index is -1.01. The zero-order valence-corrected chi connectivity index (χ0v) is 10.3. The van der Waals surface area contributed by atoms with Gasteiger partial charge in [0.15, 0.2) is 0 Å². The average molecular weight is 297 g/mol. The van der Waals surface area contributed by atoms with Gasteiger partial charge < -0.3 is 14.3 Å². The molecule has 0 unspecified atom stereocenters. The van der Waals surface area contributed by atoms with E-state index in [0.29, 0.717) is 11.5 Å². The maximum atomic E-state index is 10.6. The zero-order chi connectivity index (χ0) is 12.3. The van der Waals surface area contributed by atoms with Crippen molar-refractivity contribution in [3.05, 3.63) is 52.4 Å². The first-order valence-electron chi connectivity index (χ1n) is 4.85. The SMILES string of the molecule is O=C(O)c1coc(COc2ccccc2Br)c1. The second-order valence-corrected chi connectivity index (χ2v) is 4.18. The summed E-state index contributed by atoms with van der Waals surface area (Å²) < 4.78 is 11.4. The van der Waals surface area contributed by atoms with Gasteiger partial charge in [0, 0.05) is 0 Å². The number of carboxylic acid groups (broad SMARTS) is 1. The van der Waals surface area contributed by atoms with E-state index in [1.54, 1.807) is 0 Å². The van der Waals surface area contributed by atoms with Gasteiger partial charge in [-0.2, -0.15) is 0 Å². The molecule has 5 heteroatoms. The van der Waals surface area contributed by atoms with Crippen molar-refractivity contribution < 1.29 is 19.1 Å². The van der Waals surface area contributed by atoms with E-state index in [1.807, 2.05) is 24.3 Å². The van der Waals surface area contributed by atoms with E-state index < -0.39 is 5.97 Å². The van der Waals surface area contributed by atoms with Crippen LogP contribution in [0.2, 0.25) is 0 Å². The molecule has 0 amide bonds. The molecule has 0 saturated heterocycles. The first-order chi connectivity index (χ1) is 8.16. The Morgan fingerprint density at radius 2 is 2.18 bits per heavy atom. The summed E-state index contributed by atoms with van der Waals surface area (Å²) in [6.07, 6.45) is 1.20. The summed E-state index contributed by atoms with van der Waals surface area (Å²) in [5.41, 5.74) is 0.121. The van der Waals surface area contributed by atoms with Crippen molar-refractivity contribution in [2.24, 2.45) is 0 Å². The Labute approximate surface area is 106 Å². The number of aromatic carboxylic acids is 1. The Hall–Kier alpha value is -1.75. The molecule has 0 aliphatic rings. The lowest BCUT2D eigenvalue weighted by atomic mass is 10.3. The van der Waals surface area contributed by atoms with E-state index in [0.717, 1.165) is 4.47 Å². The van der Waals surface area contributed by atoms with Gasteiger partial charge in [-0.25, -0.2) is 4.79 Å². The van der Waals surface area contributed by atoms with E-state index >= 15 is 0 Å². The highest BCUT2D eigenvalue weighted by Gasteiger charge is 2.09. The van der Waals surface area contributed by atoms with Crippen LogP contribution in [-0.2, 0) is 6.61 Å². The number of carbonyl (C=O) groups is 1. The number of hydrogen-bond acceptors (Lipinski definition) is 3. The van der Waals surface area contributed by atoms with Crippen LogP contribution in [0.15, 0.2) is 45.5 Å². The van der Waals surface area contributed by atoms with Crippen molar-refractivity contribution in [2.45, 2.75) is 6.61 Å². The number of benzene rings is 1. The minimum Gasteiger partial charge on any atom is -0.484 e. The third kappa shape index (κ3) is 2.88. The van der Waals surface area contributed by atoms with Crippen molar-refractivity contribution in [3.63, 3.8) is 0 Å². The van der Waals surface area contributed by atoms with Crippen LogP contribution in [0.1, 0.15) is 16.1 Å². The maximum Gasteiger partial charge on any atom is 0.338 e. The normalized spacial score (nSPS) is 10.2. The topological polar surface area (TPSA) is 59.7 Å². The van der Waals surface area contributed by atoms with Crippen LogP contribution in [0, 0.1) is 0 Å². The highest BCUT2D eigenvalue weighted by molar-refractivity contribution is 9.10. The number of halogens is 1. The molecule has 0 aliphatic carbocycles. The molecule has 1 N–H and O–H groups in total. The second kappa shape index (κ2) is 5.05. The highest BCUT2D eigenvalue weighted by Crippen LogP contribution is 2.24. The predicted molar refractivity (Wildman–Crippen MR) is 64.1 cm³/mol. The number of para-hydroxylation sites is 1. The van der Waals surface area contributed by atoms with Crippen molar-refractivity contribution in [1.82, 2.24) is 0 Å². The Kier molecular flexibility index (Phi) is 3.49. The van der Waals surface area contributed by atoms with Gasteiger partial charge in [-0.3, -0.25) is 0 Å². The Morgan fingerprint density at radius 3 is 2.82 bits per heavy atom. The van der Waals surface area contributed by atoms with Gasteiger partial charge in [0.1, 0.15) is 24.4 Å². The third-order valence-electron chi connectivity index (χ3n) is 2.11. The van der Waals surface area contributed by atoms with Crippen molar-refractivity contribution >= 4 is 21.9 Å². The lowest BCUT2D eigenvalue weighted by molar-refractivity contribution is 0.0696. The summed E-state index contributed by atoms with van der Waals surface area (Å²) in [6, 6.07) is 8.85. The lowest BCUT2D eigenvalue weighted by Gasteiger charge is -2.05. The van der Waals surface area contributed by atoms with E-state index in [1.165, 1.54) is 12.3 Å². The van der Waals surface area contributed by atoms with Gasteiger partial charge in [0.2, 0.25) is 0 Å². The molecule has 88 valence electrons. The lowest BCUT2D eigenvalue weighted by Crippen LogP contribution is -1.95. The fourth-order valence-corrected chi connectivity index (χ4v) is 1.68. The molecular weight excluding hydrogens is 288 g/mol. The third-order valence-corrected chi connectivity index (χ3v) is 2.76. The van der Waals surface area contributed by atoms with Crippen molar-refractivity contribution in [3.8, 4) is 5.75 Å². The number of carboxylic acids is 1. The van der Waals surface area contributed by atoms with Gasteiger partial charge >= 0.3 is 5.97 Å². The van der Waals surface area contributed by atoms with E-state index in [-0.39, 0.29) is 12.2 Å². The standard InChI is InChI=1S/C12H9BrO4/c13-10-3-1-2-4-11(10)17-7-9-5-8(6-16-9)12(14)15/h1-6H,7H2,(H,14,15). The quantitative estimate of drug-likeness (QED) is 0.940. The Balaban J connectivity index is 2.02. The molecule has 1 aromatic heterocycles. The predicted octanol–water partition coefficient (Wildman–Crippen LogP) is 3.32. The second-order valence-electron chi connectivity index (χ2n) is 3.33. The summed E-state index contributed by atoms with van der Waals surface area (Å²) in [5.74, 6) is 0.139. The molecule has 0 saturated carbocycles. The van der Waals surface area contributed by atoms with Gasteiger partial charge in [-0.15, -0.1) is 0 Å². The number of rotatable bonds is 4. The summed E-state index contributed by atoms with van der Waals surface area (Å²) >= 11 is 3.35. The van der Waals surface area contributed by atoms with Gasteiger partial charge in [-0.05, 0) is 34.1 Å². The van der Waals surface area contributed by atoms with Crippen LogP contribution in [0.25, 0.3) is 0 Å². The molecule has 2 aromatic rings. The number of hydrogen-bond donors (Lipinski definition) is 1. The molecule has 0 aliphatic heterocycles. The van der Waals surface area contributed by atoms with Crippen LogP contribution in [0.5, 0.6) is 5.75 Å². The summed E-state index contributed by atoms with van der Waals surface area (Å²) in [6.45, 7) is 0.190. The molecule has 0 spiro atoms. The Morgan fingerprint density at radius 1 is 1.41 bits per heavy atom. The molecule has 1 heterocycles. The molecule has 2 rings (SSSR count). The summed E-state index contributed by atoms with van der Waals surface area (Å²) in [7, 11) is 0. The smallest absolute Gasteiger partial charge is 0.338 e. The van der Waals surface area contributed by atoms with Gasteiger partial charge in [-0.1, -0.05) is 12.1 Å². The van der Waals surface area contributed by atoms with Crippen molar-refractivity contribution in [1.29, 1.82) is 0 Å². The molecule has 0 atom stereocenters. The monoisotopic (exact) mass is 296 g/mol. The van der Waals surface area contributed by atoms with Crippen LogP contribution >= 0.6 is 15.9 Å². The highest BCUT2D eigenvalue weighted by atomic mass is 79.9. The van der Waals surface area contributed by atoms with Gasteiger partial charge in [0.05, 0.1) is 10.0 Å². The minimum absolute atomic E-state index is 0.121. The number of furan rings is 1. The Bertz CT molecular complexity index is 533. The van der Waals surface area contributed by atoms with E-state index in [4.69, 9.17) is 14.3 Å². The zero-order valence-electron chi connectivity index (χ0n) is 8.72. The average Bonchev–Trinajstić information content (AvgIpc) is 2.77. The van der Waals surface area contributed by atoms with Gasteiger partial charge in [0.25, 0.3) is 0 Å². The summed E-state index contributed by atoms with van der Waals surface area (Å²) in [5, 5.41) is 8.72. The molecule has 0 fully saturated rings. The van der Waals surface area contributed by atoms with Crippen LogP contribution < -0.4 is 4.74 Å². The van der Waals surface area contributed by atoms with Crippen LogP contribution in [0.4, 0.5) is 0 Å². The van der Waals surface area contributed by atoms with Crippen molar-refractivity contribution in [2.75, 3.05) is 0 Å². The maximum absolute atomic E-state index is 10.6. The number of ether oxygens (including phenoxy) is 1. The summed E-state index contributed by atoms with van der Waals surface area (Å²) in [4.78, 5) is 10.6. The molecule has 17 heavy (non-hydrogen) atoms. The molecular formula is C12H9BrO4. The van der Waals surface area contributed by atoms with E-state index in [9.17, 15) is 4.79 Å². The largest absolute Gasteiger partial charge is 0.484 e. The van der Waals surface area contributed by atoms with E-state index in [2.05, 4.69) is 15.9 Å². The molecule has 0 bridgehead atoms. The first kappa shape index (κ1) is 11.7. The fraction of sp³-hybridized carbons (Fsp3) is 0.0833. The molecule has 1 aromatic carbocycles. The van der Waals surface area contributed by atoms with Crippen LogP contribution in [0.3, 0.4) is 0 Å². The molecule has 0 radical (unpaired) electrons. The van der Waals surface area contributed by atoms with Crippen LogP contribution in [-0.4, -0.2) is 11.1 Å². The first-order valence-corrected chi connectivity index (χ1v) is 5.64. The molecule has 4 nitrogen and oxygen atoms in total.